The molecule has 0 amide bonds. The summed E-state index contributed by atoms with van der Waals surface area (Å²) in [5.41, 5.74) is 9.84. The van der Waals surface area contributed by atoms with Gasteiger partial charge in [-0.25, -0.2) is 4.79 Å². The first-order chi connectivity index (χ1) is 14.1. The first-order valence-electron chi connectivity index (χ1n) is 9.62. The molecule has 0 bridgehead atoms. The van der Waals surface area contributed by atoms with Crippen molar-refractivity contribution >= 4 is 28.7 Å². The zero-order valence-corrected chi connectivity index (χ0v) is 18.5. The summed E-state index contributed by atoms with van der Waals surface area (Å²) in [6.45, 7) is 7.79. The fraction of sp³-hybridized carbons (Fsp3) is 0.435. The Kier molecular flexibility index (Phi) is 7.00. The Hall–Kier alpha value is -3.18. The molecule has 0 radical (unpaired) electrons. The molecule has 2 aromatic carbocycles. The third kappa shape index (κ3) is 4.36. The standard InChI is InChI=1S/C23H28N2O5/c1-13(2)15-8-16-17(9-19(15)28-5)21(22(27)30-7)18(10-20(16)29-6)23(3,4)11-14(26)12-25-24/h8-10,12-13H,11H2,1-7H3. The Bertz CT molecular complexity index is 1030. The van der Waals surface area contributed by atoms with Crippen LogP contribution in [0.4, 0.5) is 0 Å². The quantitative estimate of drug-likeness (QED) is 0.279. The smallest absolute Gasteiger partial charge is 0.338 e. The molecule has 160 valence electrons. The topological polar surface area (TPSA) is 98.2 Å². The molecule has 0 N–H and O–H groups in total. The molecule has 0 spiro atoms. The Labute approximate surface area is 176 Å². The van der Waals surface area contributed by atoms with E-state index in [1.807, 2.05) is 26.0 Å². The summed E-state index contributed by atoms with van der Waals surface area (Å²) in [6, 6.07) is 5.55. The lowest BCUT2D eigenvalue weighted by Crippen LogP contribution is -2.26. The van der Waals surface area contributed by atoms with Crippen LogP contribution in [-0.2, 0) is 14.9 Å². The first kappa shape index (κ1) is 23.1. The van der Waals surface area contributed by atoms with Crippen molar-refractivity contribution in [3.8, 4) is 11.5 Å². The number of fused-ring (bicyclic) bond motifs is 1. The van der Waals surface area contributed by atoms with Gasteiger partial charge in [-0.15, -0.1) is 0 Å². The highest BCUT2D eigenvalue weighted by atomic mass is 16.5. The van der Waals surface area contributed by atoms with Crippen LogP contribution in [0.2, 0.25) is 0 Å². The molecule has 0 aliphatic heterocycles. The summed E-state index contributed by atoms with van der Waals surface area (Å²) in [6.07, 6.45) is 0.882. The van der Waals surface area contributed by atoms with Crippen molar-refractivity contribution in [3.63, 3.8) is 0 Å². The maximum Gasteiger partial charge on any atom is 0.338 e. The summed E-state index contributed by atoms with van der Waals surface area (Å²) in [5.74, 6) is 0.539. The highest BCUT2D eigenvalue weighted by molar-refractivity contribution is 6.25. The molecule has 0 unspecified atom stereocenters. The zero-order valence-electron chi connectivity index (χ0n) is 18.5. The van der Waals surface area contributed by atoms with E-state index in [1.54, 1.807) is 20.3 Å². The van der Waals surface area contributed by atoms with Gasteiger partial charge in [-0.3, -0.25) is 4.79 Å². The maximum absolute atomic E-state index is 12.9. The van der Waals surface area contributed by atoms with Crippen LogP contribution in [0, 0.1) is 0 Å². The number of methoxy groups -OCH3 is 3. The highest BCUT2D eigenvalue weighted by Gasteiger charge is 2.33. The fourth-order valence-corrected chi connectivity index (χ4v) is 3.73. The maximum atomic E-state index is 12.9. The van der Waals surface area contributed by atoms with Crippen molar-refractivity contribution in [2.75, 3.05) is 21.3 Å². The minimum atomic E-state index is -0.771. The molecule has 7 nitrogen and oxygen atoms in total. The molecule has 0 fully saturated rings. The molecule has 0 heterocycles. The van der Waals surface area contributed by atoms with Crippen molar-refractivity contribution in [1.82, 2.24) is 0 Å². The molecule has 0 aliphatic carbocycles. The number of Topliss-reactive ketones (excluding diaryl/α,β-unsaturated/α-hetero) is 1. The predicted molar refractivity (Wildman–Crippen MR) is 115 cm³/mol. The second-order valence-corrected chi connectivity index (χ2v) is 8.06. The van der Waals surface area contributed by atoms with Gasteiger partial charge >= 0.3 is 12.2 Å². The van der Waals surface area contributed by atoms with Gasteiger partial charge in [0.25, 0.3) is 0 Å². The van der Waals surface area contributed by atoms with Gasteiger partial charge in [0.1, 0.15) is 11.5 Å². The van der Waals surface area contributed by atoms with Crippen LogP contribution in [0.25, 0.3) is 16.3 Å². The van der Waals surface area contributed by atoms with E-state index in [0.717, 1.165) is 17.2 Å². The molecule has 7 heteroatoms. The number of carbonyl (C=O) groups is 2. The third-order valence-electron chi connectivity index (χ3n) is 5.23. The lowest BCUT2D eigenvalue weighted by atomic mass is 9.76. The van der Waals surface area contributed by atoms with E-state index in [0.29, 0.717) is 28.0 Å². The Morgan fingerprint density at radius 3 is 2.20 bits per heavy atom. The Balaban J connectivity index is 2.95. The number of esters is 1. The molecule has 0 saturated carbocycles. The predicted octanol–water partition coefficient (Wildman–Crippen LogP) is 4.30. The van der Waals surface area contributed by atoms with Gasteiger partial charge in [0.2, 0.25) is 5.78 Å². The number of hydrogen-bond acceptors (Lipinski definition) is 5. The van der Waals surface area contributed by atoms with Gasteiger partial charge in [-0.05, 0) is 40.7 Å². The largest absolute Gasteiger partial charge is 0.496 e. The third-order valence-corrected chi connectivity index (χ3v) is 5.23. The number of rotatable bonds is 8. The fourth-order valence-electron chi connectivity index (χ4n) is 3.73. The van der Waals surface area contributed by atoms with Crippen molar-refractivity contribution < 1.29 is 28.6 Å². The summed E-state index contributed by atoms with van der Waals surface area (Å²) < 4.78 is 16.3. The van der Waals surface area contributed by atoms with E-state index in [9.17, 15) is 9.59 Å². The van der Waals surface area contributed by atoms with E-state index in [4.69, 9.17) is 19.7 Å². The van der Waals surface area contributed by atoms with Gasteiger partial charge in [0, 0.05) is 17.2 Å². The van der Waals surface area contributed by atoms with Crippen LogP contribution in [0.3, 0.4) is 0 Å². The molecule has 0 aliphatic rings. The summed E-state index contributed by atoms with van der Waals surface area (Å²) in [4.78, 5) is 27.8. The average Bonchev–Trinajstić information content (AvgIpc) is 2.70. The molecule has 2 rings (SSSR count). The van der Waals surface area contributed by atoms with Crippen molar-refractivity contribution in [1.29, 1.82) is 0 Å². The summed E-state index contributed by atoms with van der Waals surface area (Å²) in [5, 5.41) is 1.37. The number of nitrogens with zero attached hydrogens (tertiary/aromatic N) is 2. The minimum absolute atomic E-state index is 0.0247. The lowest BCUT2D eigenvalue weighted by molar-refractivity contribution is -0.117. The molecule has 2 aromatic rings. The first-order valence-corrected chi connectivity index (χ1v) is 9.62. The normalized spacial score (nSPS) is 11.2. The van der Waals surface area contributed by atoms with Crippen LogP contribution in [0.1, 0.15) is 61.5 Å². The molecular formula is C23H28N2O5. The van der Waals surface area contributed by atoms with Gasteiger partial charge in [-0.1, -0.05) is 27.7 Å². The van der Waals surface area contributed by atoms with Gasteiger partial charge in [0.05, 0.1) is 26.9 Å². The van der Waals surface area contributed by atoms with E-state index in [1.165, 1.54) is 7.11 Å². The number of ketones is 1. The van der Waals surface area contributed by atoms with E-state index in [-0.39, 0.29) is 18.1 Å². The zero-order chi connectivity index (χ0) is 22.6. The van der Waals surface area contributed by atoms with Crippen LogP contribution >= 0.6 is 0 Å². The number of benzene rings is 2. The van der Waals surface area contributed by atoms with Crippen molar-refractivity contribution in [2.24, 2.45) is 0 Å². The van der Waals surface area contributed by atoms with Crippen LogP contribution in [0.15, 0.2) is 18.2 Å². The van der Waals surface area contributed by atoms with Gasteiger partial charge in [0.15, 0.2) is 0 Å². The van der Waals surface area contributed by atoms with Crippen molar-refractivity contribution in [2.45, 2.75) is 45.4 Å². The highest BCUT2D eigenvalue weighted by Crippen LogP contribution is 2.42. The van der Waals surface area contributed by atoms with E-state index >= 15 is 0 Å². The van der Waals surface area contributed by atoms with Gasteiger partial charge < -0.3 is 19.7 Å². The monoisotopic (exact) mass is 412 g/mol. The lowest BCUT2D eigenvalue weighted by Gasteiger charge is -2.28. The second-order valence-electron chi connectivity index (χ2n) is 8.06. The van der Waals surface area contributed by atoms with E-state index in [2.05, 4.69) is 18.6 Å². The number of ether oxygens (including phenoxy) is 3. The van der Waals surface area contributed by atoms with E-state index < -0.39 is 11.4 Å². The summed E-state index contributed by atoms with van der Waals surface area (Å²) in [7, 11) is 4.47. The minimum Gasteiger partial charge on any atom is -0.496 e. The molecule has 0 aromatic heterocycles. The van der Waals surface area contributed by atoms with Crippen LogP contribution in [0.5, 0.6) is 11.5 Å². The molecular weight excluding hydrogens is 384 g/mol. The van der Waals surface area contributed by atoms with Crippen LogP contribution in [-0.4, -0.2) is 44.1 Å². The van der Waals surface area contributed by atoms with Crippen molar-refractivity contribution in [3.05, 3.63) is 40.4 Å². The molecule has 30 heavy (non-hydrogen) atoms. The SMILES string of the molecule is COC(=O)c1c(C(C)(C)CC(=O)C=[N+]=[N-])cc(OC)c2cc(C(C)C)c(OC)cc12. The Morgan fingerprint density at radius 1 is 1.07 bits per heavy atom. The van der Waals surface area contributed by atoms with Gasteiger partial charge in [-0.2, -0.15) is 4.79 Å². The average molecular weight is 412 g/mol. The second kappa shape index (κ2) is 9.09. The molecule has 0 saturated heterocycles. The number of hydrogen-bond donors (Lipinski definition) is 0. The molecule has 0 atom stereocenters. The van der Waals surface area contributed by atoms with Crippen LogP contribution < -0.4 is 9.47 Å². The Morgan fingerprint density at radius 2 is 1.70 bits per heavy atom. The number of carbonyl (C=O) groups excluding carboxylic acids is 2. The summed E-state index contributed by atoms with van der Waals surface area (Å²) >= 11 is 0.